The van der Waals surface area contributed by atoms with Crippen LogP contribution in [0, 0.1) is 6.92 Å². The third-order valence-electron chi connectivity index (χ3n) is 4.44. The van der Waals surface area contributed by atoms with Crippen LogP contribution in [0.15, 0.2) is 24.3 Å². The molecule has 0 aliphatic carbocycles. The van der Waals surface area contributed by atoms with Crippen LogP contribution in [-0.2, 0) is 9.78 Å². The van der Waals surface area contributed by atoms with Crippen molar-refractivity contribution in [2.45, 2.75) is 77.0 Å². The van der Waals surface area contributed by atoms with Crippen LogP contribution in [0.5, 0.6) is 5.75 Å². The first-order valence-corrected chi connectivity index (χ1v) is 10.0. The lowest BCUT2D eigenvalue weighted by Crippen LogP contribution is -2.07. The molecule has 0 spiro atoms. The van der Waals surface area contributed by atoms with Crippen LogP contribution in [0.3, 0.4) is 0 Å². The monoisotopic (exact) mass is 363 g/mol. The molecule has 26 heavy (non-hydrogen) atoms. The minimum atomic E-state index is -0.470. The van der Waals surface area contributed by atoms with Gasteiger partial charge in [0.2, 0.25) is 0 Å². The topological polar surface area (TPSA) is 44.8 Å². The van der Waals surface area contributed by atoms with E-state index in [1.807, 2.05) is 0 Å². The smallest absolute Gasteiger partial charge is 0.373 e. The quantitative estimate of drug-likeness (QED) is 0.196. The lowest BCUT2D eigenvalue weighted by molar-refractivity contribution is -0.241. The van der Waals surface area contributed by atoms with Gasteiger partial charge in [-0.2, -0.15) is 4.89 Å². The Labute approximate surface area is 159 Å². The van der Waals surface area contributed by atoms with E-state index in [-0.39, 0.29) is 0 Å². The first-order chi connectivity index (χ1) is 12.8. The van der Waals surface area contributed by atoms with Crippen molar-refractivity contribution >= 4 is 5.97 Å². The summed E-state index contributed by atoms with van der Waals surface area (Å²) in [5.74, 6) is 0.236. The fourth-order valence-electron chi connectivity index (χ4n) is 2.80. The minimum absolute atomic E-state index is 0.453. The van der Waals surface area contributed by atoms with Gasteiger partial charge in [0, 0.05) is 0 Å². The molecule has 0 aliphatic rings. The Hall–Kier alpha value is -1.55. The normalized spacial score (nSPS) is 10.7. The van der Waals surface area contributed by atoms with Gasteiger partial charge in [-0.25, -0.2) is 4.79 Å². The molecule has 0 N–H and O–H groups in total. The molecular formula is C22H35O4. The molecule has 147 valence electrons. The number of benzene rings is 1. The maximum absolute atomic E-state index is 11.8. The fraction of sp³-hybridized carbons (Fsp3) is 0.636. The highest BCUT2D eigenvalue weighted by Gasteiger charge is 2.08. The van der Waals surface area contributed by atoms with Gasteiger partial charge in [-0.05, 0) is 30.7 Å². The second-order valence-electron chi connectivity index (χ2n) is 6.66. The summed E-state index contributed by atoms with van der Waals surface area (Å²) in [4.78, 5) is 21.6. The van der Waals surface area contributed by atoms with E-state index in [2.05, 4.69) is 6.92 Å². The van der Waals surface area contributed by atoms with Gasteiger partial charge in [0.15, 0.2) is 0 Å². The summed E-state index contributed by atoms with van der Waals surface area (Å²) in [5, 5.41) is 0. The summed E-state index contributed by atoms with van der Waals surface area (Å²) in [6.45, 7) is 4.32. The van der Waals surface area contributed by atoms with E-state index in [0.29, 0.717) is 17.9 Å². The zero-order chi connectivity index (χ0) is 18.9. The molecule has 4 heteroatoms. The van der Waals surface area contributed by atoms with Crippen molar-refractivity contribution in [1.82, 2.24) is 0 Å². The van der Waals surface area contributed by atoms with E-state index in [1.165, 1.54) is 57.8 Å². The van der Waals surface area contributed by atoms with E-state index >= 15 is 0 Å². The predicted octanol–water partition coefficient (Wildman–Crippen LogP) is 6.30. The van der Waals surface area contributed by atoms with Crippen LogP contribution in [0.1, 0.15) is 87.4 Å². The summed E-state index contributed by atoms with van der Waals surface area (Å²) in [6.07, 6.45) is 15.0. The Bertz CT molecular complexity index is 456. The molecule has 0 bridgehead atoms. The van der Waals surface area contributed by atoms with Crippen molar-refractivity contribution in [3.63, 3.8) is 0 Å². The van der Waals surface area contributed by atoms with Gasteiger partial charge >= 0.3 is 5.97 Å². The molecule has 0 atom stereocenters. The van der Waals surface area contributed by atoms with E-state index in [4.69, 9.17) is 14.5 Å². The number of carbonyl (C=O) groups excluding carboxylic acids is 1. The molecule has 0 fully saturated rings. The number of unbranched alkanes of at least 4 members (excludes halogenated alkanes) is 11. The summed E-state index contributed by atoms with van der Waals surface area (Å²) in [7, 11) is 1.59. The number of rotatable bonds is 16. The van der Waals surface area contributed by atoms with Crippen LogP contribution in [0.2, 0.25) is 0 Å². The maximum atomic E-state index is 11.8. The van der Waals surface area contributed by atoms with Gasteiger partial charge in [0.25, 0.3) is 0 Å². The number of carbonyl (C=O) groups is 1. The summed E-state index contributed by atoms with van der Waals surface area (Å²) < 4.78 is 5.05. The third-order valence-corrected chi connectivity index (χ3v) is 4.44. The average molecular weight is 364 g/mol. The molecule has 1 aromatic carbocycles. The van der Waals surface area contributed by atoms with Gasteiger partial charge in [0.05, 0.1) is 19.3 Å². The summed E-state index contributed by atoms with van der Waals surface area (Å²) >= 11 is 0. The second-order valence-corrected chi connectivity index (χ2v) is 6.66. The van der Waals surface area contributed by atoms with E-state index in [1.54, 1.807) is 31.4 Å². The largest absolute Gasteiger partial charge is 0.497 e. The van der Waals surface area contributed by atoms with E-state index in [0.717, 1.165) is 19.3 Å². The minimum Gasteiger partial charge on any atom is -0.497 e. The van der Waals surface area contributed by atoms with Gasteiger partial charge in [-0.3, -0.25) is 4.89 Å². The standard InChI is InChI=1S/C22H35O4/c1-3-4-5-6-7-8-9-10-11-12-13-14-19-25-26-22(23)20-15-17-21(24-2)18-16-20/h15-18H,1,3-14,19H2,2H3. The van der Waals surface area contributed by atoms with Crippen LogP contribution < -0.4 is 4.74 Å². The van der Waals surface area contributed by atoms with Crippen molar-refractivity contribution in [3.8, 4) is 5.75 Å². The van der Waals surface area contributed by atoms with Crippen LogP contribution in [0.4, 0.5) is 0 Å². The van der Waals surface area contributed by atoms with Gasteiger partial charge in [0.1, 0.15) is 5.75 Å². The van der Waals surface area contributed by atoms with E-state index < -0.39 is 5.97 Å². The highest BCUT2D eigenvalue weighted by molar-refractivity contribution is 5.89. The van der Waals surface area contributed by atoms with Crippen molar-refractivity contribution in [1.29, 1.82) is 0 Å². The Morgan fingerprint density at radius 3 is 1.81 bits per heavy atom. The molecular weight excluding hydrogens is 328 g/mol. The molecule has 0 amide bonds. The Morgan fingerprint density at radius 1 is 0.808 bits per heavy atom. The Morgan fingerprint density at radius 2 is 1.31 bits per heavy atom. The van der Waals surface area contributed by atoms with Crippen LogP contribution in [0.25, 0.3) is 0 Å². The highest BCUT2D eigenvalue weighted by Crippen LogP contribution is 2.13. The average Bonchev–Trinajstić information content (AvgIpc) is 2.68. The Kier molecular flexibility index (Phi) is 13.6. The lowest BCUT2D eigenvalue weighted by atomic mass is 10.1. The van der Waals surface area contributed by atoms with Crippen LogP contribution in [-0.4, -0.2) is 19.7 Å². The van der Waals surface area contributed by atoms with Gasteiger partial charge < -0.3 is 4.74 Å². The molecule has 0 aliphatic heterocycles. The number of hydrogen-bond acceptors (Lipinski definition) is 4. The second kappa shape index (κ2) is 15.7. The molecule has 1 rings (SSSR count). The molecule has 4 nitrogen and oxygen atoms in total. The zero-order valence-corrected chi connectivity index (χ0v) is 16.3. The van der Waals surface area contributed by atoms with Crippen molar-refractivity contribution in [2.24, 2.45) is 0 Å². The van der Waals surface area contributed by atoms with Crippen molar-refractivity contribution < 1.29 is 19.3 Å². The van der Waals surface area contributed by atoms with Crippen molar-refractivity contribution in [2.75, 3.05) is 13.7 Å². The SMILES string of the molecule is [CH2]CCCCCCCCCCCCCOOC(=O)c1ccc(OC)cc1. The van der Waals surface area contributed by atoms with Gasteiger partial charge in [-0.15, -0.1) is 0 Å². The van der Waals surface area contributed by atoms with E-state index in [9.17, 15) is 4.79 Å². The Balaban J connectivity index is 1.87. The van der Waals surface area contributed by atoms with Crippen LogP contribution >= 0.6 is 0 Å². The highest BCUT2D eigenvalue weighted by atomic mass is 17.2. The lowest BCUT2D eigenvalue weighted by Gasteiger charge is -2.05. The zero-order valence-electron chi connectivity index (χ0n) is 16.3. The first-order valence-electron chi connectivity index (χ1n) is 10.0. The first kappa shape index (κ1) is 22.5. The summed E-state index contributed by atoms with van der Waals surface area (Å²) in [5.41, 5.74) is 0.456. The molecule has 1 radical (unpaired) electrons. The molecule has 0 saturated heterocycles. The van der Waals surface area contributed by atoms with Crippen molar-refractivity contribution in [3.05, 3.63) is 36.8 Å². The summed E-state index contributed by atoms with van der Waals surface area (Å²) in [6, 6.07) is 6.76. The molecule has 0 aromatic heterocycles. The fourth-order valence-corrected chi connectivity index (χ4v) is 2.80. The molecule has 0 unspecified atom stereocenters. The molecule has 1 aromatic rings. The number of hydrogen-bond donors (Lipinski definition) is 0. The third kappa shape index (κ3) is 11.1. The number of ether oxygens (including phenoxy) is 1. The molecule has 0 heterocycles. The maximum Gasteiger partial charge on any atom is 0.373 e. The van der Waals surface area contributed by atoms with Gasteiger partial charge in [-0.1, -0.05) is 77.6 Å². The number of methoxy groups -OCH3 is 1. The molecule has 0 saturated carbocycles. The predicted molar refractivity (Wildman–Crippen MR) is 105 cm³/mol.